The fourth-order valence-electron chi connectivity index (χ4n) is 1.41. The van der Waals surface area contributed by atoms with E-state index in [1.165, 1.54) is 5.56 Å². The number of aliphatic carboxylic acids is 1. The van der Waals surface area contributed by atoms with Crippen LogP contribution in [0.15, 0.2) is 18.2 Å². The first kappa shape index (κ1) is 10.1. The number of rotatable bonds is 3. The van der Waals surface area contributed by atoms with E-state index in [-0.39, 0.29) is 6.42 Å². The van der Waals surface area contributed by atoms with Gasteiger partial charge in [-0.1, -0.05) is 6.07 Å². The van der Waals surface area contributed by atoms with E-state index in [0.29, 0.717) is 6.42 Å². The van der Waals surface area contributed by atoms with Crippen molar-refractivity contribution in [1.82, 2.24) is 4.98 Å². The molecule has 0 bridgehead atoms. The summed E-state index contributed by atoms with van der Waals surface area (Å²) < 4.78 is 1.13. The van der Waals surface area contributed by atoms with E-state index >= 15 is 0 Å². The van der Waals surface area contributed by atoms with Crippen LogP contribution in [0.25, 0.3) is 10.2 Å². The third-order valence-electron chi connectivity index (χ3n) is 2.14. The lowest BCUT2D eigenvalue weighted by molar-refractivity contribution is -0.136. The molecule has 0 aliphatic rings. The molecule has 2 rings (SSSR count). The quantitative estimate of drug-likeness (QED) is 0.866. The van der Waals surface area contributed by atoms with Crippen LogP contribution in [0.4, 0.5) is 0 Å². The SMILES string of the molecule is Cc1ccc2sc(CCC(=O)O)nc2c1. The van der Waals surface area contributed by atoms with Crippen molar-refractivity contribution in [1.29, 1.82) is 0 Å². The molecular weight excluding hydrogens is 210 g/mol. The van der Waals surface area contributed by atoms with Gasteiger partial charge in [0.15, 0.2) is 0 Å². The van der Waals surface area contributed by atoms with E-state index in [1.807, 2.05) is 25.1 Å². The predicted molar refractivity (Wildman–Crippen MR) is 60.3 cm³/mol. The smallest absolute Gasteiger partial charge is 0.303 e. The minimum Gasteiger partial charge on any atom is -0.481 e. The molecule has 0 atom stereocenters. The van der Waals surface area contributed by atoms with Gasteiger partial charge in [0.1, 0.15) is 0 Å². The van der Waals surface area contributed by atoms with Crippen LogP contribution in [0.3, 0.4) is 0 Å². The summed E-state index contributed by atoms with van der Waals surface area (Å²) in [4.78, 5) is 14.8. The lowest BCUT2D eigenvalue weighted by Crippen LogP contribution is -1.96. The maximum absolute atomic E-state index is 10.4. The number of aromatic nitrogens is 1. The Hall–Kier alpha value is -1.42. The van der Waals surface area contributed by atoms with Gasteiger partial charge in [-0.05, 0) is 24.6 Å². The molecule has 0 unspecified atom stereocenters. The Kier molecular flexibility index (Phi) is 2.68. The maximum atomic E-state index is 10.4. The number of hydrogen-bond acceptors (Lipinski definition) is 3. The van der Waals surface area contributed by atoms with Crippen LogP contribution in [-0.4, -0.2) is 16.1 Å². The zero-order chi connectivity index (χ0) is 10.8. The largest absolute Gasteiger partial charge is 0.481 e. The van der Waals surface area contributed by atoms with Crippen LogP contribution in [0, 0.1) is 6.92 Å². The van der Waals surface area contributed by atoms with E-state index in [2.05, 4.69) is 4.98 Å². The van der Waals surface area contributed by atoms with Crippen LogP contribution in [0.1, 0.15) is 17.0 Å². The number of benzene rings is 1. The Morgan fingerprint density at radius 2 is 2.33 bits per heavy atom. The van der Waals surface area contributed by atoms with Crippen molar-refractivity contribution >= 4 is 27.5 Å². The van der Waals surface area contributed by atoms with E-state index < -0.39 is 5.97 Å². The number of fused-ring (bicyclic) bond motifs is 1. The number of carbonyl (C=O) groups is 1. The second kappa shape index (κ2) is 3.98. The fourth-order valence-corrected chi connectivity index (χ4v) is 2.35. The molecule has 78 valence electrons. The van der Waals surface area contributed by atoms with Gasteiger partial charge in [0.25, 0.3) is 0 Å². The van der Waals surface area contributed by atoms with Crippen molar-refractivity contribution in [2.24, 2.45) is 0 Å². The lowest BCUT2D eigenvalue weighted by Gasteiger charge is -1.89. The molecule has 0 saturated heterocycles. The average molecular weight is 221 g/mol. The highest BCUT2D eigenvalue weighted by Gasteiger charge is 2.05. The highest BCUT2D eigenvalue weighted by atomic mass is 32.1. The van der Waals surface area contributed by atoms with Crippen molar-refractivity contribution < 1.29 is 9.90 Å². The van der Waals surface area contributed by atoms with Crippen LogP contribution >= 0.6 is 11.3 Å². The summed E-state index contributed by atoms with van der Waals surface area (Å²) in [5.41, 5.74) is 2.15. The molecular formula is C11H11NO2S. The second-order valence-electron chi connectivity index (χ2n) is 3.47. The summed E-state index contributed by atoms with van der Waals surface area (Å²) in [7, 11) is 0. The van der Waals surface area contributed by atoms with E-state index in [0.717, 1.165) is 15.2 Å². The number of thiazole rings is 1. The standard InChI is InChI=1S/C11H11NO2S/c1-7-2-3-9-8(6-7)12-10(15-9)4-5-11(13)14/h2-3,6H,4-5H2,1H3,(H,13,14). The molecule has 3 nitrogen and oxygen atoms in total. The maximum Gasteiger partial charge on any atom is 0.303 e. The number of nitrogens with zero attached hydrogens (tertiary/aromatic N) is 1. The lowest BCUT2D eigenvalue weighted by atomic mass is 10.2. The molecule has 2 aromatic rings. The normalized spacial score (nSPS) is 10.7. The molecule has 0 radical (unpaired) electrons. The average Bonchev–Trinajstić information content (AvgIpc) is 2.56. The van der Waals surface area contributed by atoms with Crippen LogP contribution in [0.5, 0.6) is 0 Å². The molecule has 15 heavy (non-hydrogen) atoms. The molecule has 0 spiro atoms. The van der Waals surface area contributed by atoms with Gasteiger partial charge in [-0.15, -0.1) is 11.3 Å². The zero-order valence-electron chi connectivity index (χ0n) is 8.36. The van der Waals surface area contributed by atoms with Crippen molar-refractivity contribution in [3.63, 3.8) is 0 Å². The Morgan fingerprint density at radius 1 is 1.53 bits per heavy atom. The molecule has 0 aliphatic heterocycles. The first-order valence-electron chi connectivity index (χ1n) is 4.73. The van der Waals surface area contributed by atoms with Gasteiger partial charge in [-0.25, -0.2) is 4.98 Å². The Balaban J connectivity index is 2.27. The van der Waals surface area contributed by atoms with E-state index in [9.17, 15) is 4.79 Å². The first-order valence-corrected chi connectivity index (χ1v) is 5.54. The summed E-state index contributed by atoms with van der Waals surface area (Å²) in [6, 6.07) is 6.10. The molecule has 1 aromatic heterocycles. The summed E-state index contributed by atoms with van der Waals surface area (Å²) >= 11 is 1.57. The molecule has 0 saturated carbocycles. The number of aryl methyl sites for hydroxylation is 2. The summed E-state index contributed by atoms with van der Waals surface area (Å²) in [6.07, 6.45) is 0.673. The van der Waals surface area contributed by atoms with E-state index in [1.54, 1.807) is 11.3 Å². The van der Waals surface area contributed by atoms with Gasteiger partial charge >= 0.3 is 5.97 Å². The second-order valence-corrected chi connectivity index (χ2v) is 4.59. The molecule has 1 aromatic carbocycles. The molecule has 0 aliphatic carbocycles. The van der Waals surface area contributed by atoms with Gasteiger partial charge in [-0.2, -0.15) is 0 Å². The van der Waals surface area contributed by atoms with Crippen molar-refractivity contribution in [2.45, 2.75) is 19.8 Å². The topological polar surface area (TPSA) is 50.2 Å². The third kappa shape index (κ3) is 2.33. The Bertz CT molecular complexity index is 504. The van der Waals surface area contributed by atoms with Crippen LogP contribution in [-0.2, 0) is 11.2 Å². The molecule has 0 amide bonds. The van der Waals surface area contributed by atoms with Gasteiger partial charge in [0, 0.05) is 6.42 Å². The Labute approximate surface area is 91.4 Å². The first-order chi connectivity index (χ1) is 7.15. The number of carboxylic acids is 1. The minimum atomic E-state index is -0.773. The van der Waals surface area contributed by atoms with Gasteiger partial charge in [0.2, 0.25) is 0 Å². The minimum absolute atomic E-state index is 0.152. The van der Waals surface area contributed by atoms with E-state index in [4.69, 9.17) is 5.11 Å². The van der Waals surface area contributed by atoms with Gasteiger partial charge < -0.3 is 5.11 Å². The summed E-state index contributed by atoms with van der Waals surface area (Å²) in [5.74, 6) is -0.773. The summed E-state index contributed by atoms with van der Waals surface area (Å²) in [5, 5.41) is 9.47. The number of hydrogen-bond donors (Lipinski definition) is 1. The van der Waals surface area contributed by atoms with Crippen LogP contribution < -0.4 is 0 Å². The van der Waals surface area contributed by atoms with Crippen molar-refractivity contribution in [3.05, 3.63) is 28.8 Å². The van der Waals surface area contributed by atoms with Gasteiger partial charge in [-0.3, -0.25) is 4.79 Å². The monoisotopic (exact) mass is 221 g/mol. The fraction of sp³-hybridized carbons (Fsp3) is 0.273. The summed E-state index contributed by atoms with van der Waals surface area (Å²) in [6.45, 7) is 2.02. The number of carboxylic acid groups (broad SMARTS) is 1. The molecule has 1 heterocycles. The van der Waals surface area contributed by atoms with Gasteiger partial charge in [0.05, 0.1) is 21.6 Å². The predicted octanol–water partition coefficient (Wildman–Crippen LogP) is 2.62. The van der Waals surface area contributed by atoms with Crippen LogP contribution in [0.2, 0.25) is 0 Å². The third-order valence-corrected chi connectivity index (χ3v) is 3.24. The Morgan fingerprint density at radius 3 is 3.07 bits per heavy atom. The highest BCUT2D eigenvalue weighted by Crippen LogP contribution is 2.23. The molecule has 0 fully saturated rings. The highest BCUT2D eigenvalue weighted by molar-refractivity contribution is 7.18. The van der Waals surface area contributed by atoms with Crippen molar-refractivity contribution in [3.8, 4) is 0 Å². The van der Waals surface area contributed by atoms with Crippen molar-refractivity contribution in [2.75, 3.05) is 0 Å². The molecule has 1 N–H and O–H groups in total. The zero-order valence-corrected chi connectivity index (χ0v) is 9.17. The molecule has 4 heteroatoms.